The average molecular weight is 379 g/mol. The van der Waals surface area contributed by atoms with Gasteiger partial charge in [0.25, 0.3) is 5.91 Å². The highest BCUT2D eigenvalue weighted by atomic mass is 32.1. The molecule has 2 amide bonds. The Morgan fingerprint density at radius 2 is 1.67 bits per heavy atom. The van der Waals surface area contributed by atoms with E-state index in [9.17, 15) is 9.59 Å². The van der Waals surface area contributed by atoms with Crippen LogP contribution in [0.1, 0.15) is 33.4 Å². The molecule has 0 aliphatic rings. The number of amides is 2. The minimum Gasteiger partial charge on any atom is -0.273 e. The SMILES string of the molecule is CCc1ccc(-c2nc(C)c(C(=O)NNC(=O)Cc3ccccc3)s2)cc1. The predicted molar refractivity (Wildman–Crippen MR) is 107 cm³/mol. The standard InChI is InChI=1S/C21H21N3O2S/c1-3-15-9-11-17(12-10-15)21-22-14(2)19(27-21)20(26)24-23-18(25)13-16-7-5-4-6-8-16/h4-12H,3,13H2,1-2H3,(H,23,25)(H,24,26). The smallest absolute Gasteiger partial charge is 0.273 e. The van der Waals surface area contributed by atoms with Crippen LogP contribution in [0.2, 0.25) is 0 Å². The van der Waals surface area contributed by atoms with Gasteiger partial charge >= 0.3 is 0 Å². The number of hydrogen-bond donors (Lipinski definition) is 2. The van der Waals surface area contributed by atoms with Crippen molar-refractivity contribution in [1.82, 2.24) is 15.8 Å². The van der Waals surface area contributed by atoms with Crippen LogP contribution in [0.4, 0.5) is 0 Å². The minimum absolute atomic E-state index is 0.206. The summed E-state index contributed by atoms with van der Waals surface area (Å²) in [5, 5.41) is 0.788. The minimum atomic E-state index is -0.358. The lowest BCUT2D eigenvalue weighted by atomic mass is 10.1. The van der Waals surface area contributed by atoms with Crippen LogP contribution in [0, 0.1) is 6.92 Å². The fourth-order valence-corrected chi connectivity index (χ4v) is 3.59. The fraction of sp³-hybridized carbons (Fsp3) is 0.190. The first kappa shape index (κ1) is 18.8. The van der Waals surface area contributed by atoms with Crippen LogP contribution >= 0.6 is 11.3 Å². The van der Waals surface area contributed by atoms with E-state index in [4.69, 9.17) is 0 Å². The lowest BCUT2D eigenvalue weighted by molar-refractivity contribution is -0.121. The van der Waals surface area contributed by atoms with Gasteiger partial charge in [-0.05, 0) is 24.5 Å². The summed E-state index contributed by atoms with van der Waals surface area (Å²) in [5.74, 6) is -0.630. The van der Waals surface area contributed by atoms with Crippen molar-refractivity contribution >= 4 is 23.2 Å². The molecule has 0 spiro atoms. The van der Waals surface area contributed by atoms with E-state index in [1.54, 1.807) is 6.92 Å². The molecule has 138 valence electrons. The maximum atomic E-state index is 12.4. The largest absolute Gasteiger partial charge is 0.281 e. The Morgan fingerprint density at radius 1 is 0.963 bits per heavy atom. The molecule has 0 aliphatic carbocycles. The molecule has 27 heavy (non-hydrogen) atoms. The van der Waals surface area contributed by atoms with Crippen molar-refractivity contribution < 1.29 is 9.59 Å². The highest BCUT2D eigenvalue weighted by Crippen LogP contribution is 2.28. The number of aromatic nitrogens is 1. The van der Waals surface area contributed by atoms with Crippen molar-refractivity contribution in [3.05, 3.63) is 76.3 Å². The molecule has 0 radical (unpaired) electrons. The van der Waals surface area contributed by atoms with Crippen LogP contribution in [0.25, 0.3) is 10.6 Å². The van der Waals surface area contributed by atoms with Crippen LogP contribution in [0.3, 0.4) is 0 Å². The Kier molecular flexibility index (Phi) is 5.98. The molecule has 0 bridgehead atoms. The van der Waals surface area contributed by atoms with Crippen molar-refractivity contribution in [2.75, 3.05) is 0 Å². The second-order valence-corrected chi connectivity index (χ2v) is 7.15. The molecule has 0 saturated heterocycles. The number of hydrogen-bond acceptors (Lipinski definition) is 4. The van der Waals surface area contributed by atoms with E-state index in [0.29, 0.717) is 10.6 Å². The second-order valence-electron chi connectivity index (χ2n) is 6.15. The van der Waals surface area contributed by atoms with Crippen molar-refractivity contribution in [2.24, 2.45) is 0 Å². The summed E-state index contributed by atoms with van der Waals surface area (Å²) in [6.45, 7) is 3.90. The number of carbonyl (C=O) groups is 2. The van der Waals surface area contributed by atoms with Gasteiger partial charge in [0.2, 0.25) is 5.91 Å². The number of hydrazine groups is 1. The number of aryl methyl sites for hydroxylation is 2. The van der Waals surface area contributed by atoms with Crippen molar-refractivity contribution in [2.45, 2.75) is 26.7 Å². The normalized spacial score (nSPS) is 10.4. The molecule has 0 saturated carbocycles. The number of carbonyl (C=O) groups excluding carboxylic acids is 2. The van der Waals surface area contributed by atoms with Gasteiger partial charge in [-0.3, -0.25) is 20.4 Å². The zero-order valence-electron chi connectivity index (χ0n) is 15.3. The number of benzene rings is 2. The number of nitrogens with one attached hydrogen (secondary N) is 2. The van der Waals surface area contributed by atoms with Crippen LogP contribution in [-0.2, 0) is 17.6 Å². The Labute approximate surface area is 162 Å². The van der Waals surface area contributed by atoms with E-state index >= 15 is 0 Å². The van der Waals surface area contributed by atoms with Gasteiger partial charge in [-0.15, -0.1) is 11.3 Å². The summed E-state index contributed by atoms with van der Waals surface area (Å²) in [7, 11) is 0. The van der Waals surface area contributed by atoms with Gasteiger partial charge in [0.1, 0.15) is 9.88 Å². The number of rotatable bonds is 5. The lowest BCUT2D eigenvalue weighted by Crippen LogP contribution is -2.42. The summed E-state index contributed by atoms with van der Waals surface area (Å²) in [4.78, 5) is 29.4. The third-order valence-electron chi connectivity index (χ3n) is 4.13. The predicted octanol–water partition coefficient (Wildman–Crippen LogP) is 3.68. The third-order valence-corrected chi connectivity index (χ3v) is 5.34. The van der Waals surface area contributed by atoms with E-state index < -0.39 is 0 Å². The monoisotopic (exact) mass is 379 g/mol. The quantitative estimate of drug-likeness (QED) is 0.664. The first-order chi connectivity index (χ1) is 13.1. The molecule has 1 heterocycles. The van der Waals surface area contributed by atoms with Gasteiger partial charge in [-0.2, -0.15) is 0 Å². The number of thiazole rings is 1. The Balaban J connectivity index is 1.63. The van der Waals surface area contributed by atoms with E-state index in [1.165, 1.54) is 16.9 Å². The molecule has 2 N–H and O–H groups in total. The van der Waals surface area contributed by atoms with Crippen LogP contribution in [-0.4, -0.2) is 16.8 Å². The molecule has 5 nitrogen and oxygen atoms in total. The maximum Gasteiger partial charge on any atom is 0.281 e. The number of nitrogens with zero attached hydrogens (tertiary/aromatic N) is 1. The van der Waals surface area contributed by atoms with Crippen LogP contribution in [0.5, 0.6) is 0 Å². The highest BCUT2D eigenvalue weighted by Gasteiger charge is 2.17. The first-order valence-corrected chi connectivity index (χ1v) is 9.58. The summed E-state index contributed by atoms with van der Waals surface area (Å²) >= 11 is 1.32. The topological polar surface area (TPSA) is 71.1 Å². The van der Waals surface area contributed by atoms with E-state index in [-0.39, 0.29) is 18.2 Å². The zero-order valence-corrected chi connectivity index (χ0v) is 16.1. The van der Waals surface area contributed by atoms with Gasteiger partial charge in [0.05, 0.1) is 12.1 Å². The van der Waals surface area contributed by atoms with Gasteiger partial charge in [-0.1, -0.05) is 61.5 Å². The fourth-order valence-electron chi connectivity index (χ4n) is 2.62. The molecule has 0 atom stereocenters. The summed E-state index contributed by atoms with van der Waals surface area (Å²) in [6, 6.07) is 17.5. The van der Waals surface area contributed by atoms with Crippen molar-refractivity contribution in [1.29, 1.82) is 0 Å². The molecular formula is C21H21N3O2S. The highest BCUT2D eigenvalue weighted by molar-refractivity contribution is 7.17. The third kappa shape index (κ3) is 4.80. The lowest BCUT2D eigenvalue weighted by Gasteiger charge is -2.06. The summed E-state index contributed by atoms with van der Waals surface area (Å²) in [6.07, 6.45) is 1.19. The van der Waals surface area contributed by atoms with Gasteiger partial charge in [0, 0.05) is 5.56 Å². The second kappa shape index (κ2) is 8.60. The molecule has 0 fully saturated rings. The molecule has 2 aromatic carbocycles. The van der Waals surface area contributed by atoms with Gasteiger partial charge < -0.3 is 0 Å². The van der Waals surface area contributed by atoms with Gasteiger partial charge in [0.15, 0.2) is 0 Å². The van der Waals surface area contributed by atoms with Gasteiger partial charge in [-0.25, -0.2) is 4.98 Å². The Hall–Kier alpha value is -2.99. The molecule has 0 unspecified atom stereocenters. The molecule has 0 aliphatic heterocycles. The zero-order chi connectivity index (χ0) is 19.2. The summed E-state index contributed by atoms with van der Waals surface area (Å²) < 4.78 is 0. The van der Waals surface area contributed by atoms with Crippen LogP contribution in [0.15, 0.2) is 54.6 Å². The Morgan fingerprint density at radius 3 is 2.33 bits per heavy atom. The molecule has 1 aromatic heterocycles. The maximum absolute atomic E-state index is 12.4. The molecule has 3 aromatic rings. The summed E-state index contributed by atoms with van der Waals surface area (Å²) in [5.41, 5.74) is 8.70. The Bertz CT molecular complexity index is 934. The molecule has 3 rings (SSSR count). The van der Waals surface area contributed by atoms with Crippen molar-refractivity contribution in [3.8, 4) is 10.6 Å². The van der Waals surface area contributed by atoms with E-state index in [2.05, 4.69) is 34.9 Å². The molecular weight excluding hydrogens is 358 g/mol. The van der Waals surface area contributed by atoms with Crippen molar-refractivity contribution in [3.63, 3.8) is 0 Å². The van der Waals surface area contributed by atoms with E-state index in [1.807, 2.05) is 42.5 Å². The van der Waals surface area contributed by atoms with E-state index in [0.717, 1.165) is 22.6 Å². The first-order valence-electron chi connectivity index (χ1n) is 8.76. The average Bonchev–Trinajstić information content (AvgIpc) is 3.09. The molecule has 6 heteroatoms. The van der Waals surface area contributed by atoms with Crippen LogP contribution < -0.4 is 10.9 Å².